The molecule has 2 fully saturated rings. The van der Waals surface area contributed by atoms with E-state index in [9.17, 15) is 14.4 Å². The van der Waals surface area contributed by atoms with Gasteiger partial charge in [-0.25, -0.2) is 4.79 Å². The largest absolute Gasteiger partial charge is 0.493 e. The molecule has 0 radical (unpaired) electrons. The maximum Gasteiger partial charge on any atom is 0.334 e. The number of imide groups is 2. The van der Waals surface area contributed by atoms with Crippen LogP contribution in [0.3, 0.4) is 0 Å². The van der Waals surface area contributed by atoms with E-state index in [1.807, 2.05) is 12.1 Å². The first-order chi connectivity index (χ1) is 12.6. The number of methoxy groups -OCH3 is 2. The Bertz CT molecular complexity index is 712. The number of amides is 4. The third kappa shape index (κ3) is 3.38. The van der Waals surface area contributed by atoms with Crippen LogP contribution >= 0.6 is 0 Å². The Morgan fingerprint density at radius 2 is 1.65 bits per heavy atom. The smallest absolute Gasteiger partial charge is 0.334 e. The molecule has 1 saturated heterocycles. The summed E-state index contributed by atoms with van der Waals surface area (Å²) in [5, 5.41) is 0. The molecule has 1 aliphatic carbocycles. The predicted molar refractivity (Wildman–Crippen MR) is 94.1 cm³/mol. The summed E-state index contributed by atoms with van der Waals surface area (Å²) in [6.45, 7) is 0.169. The van der Waals surface area contributed by atoms with Gasteiger partial charge in [0.2, 0.25) is 0 Å². The lowest BCUT2D eigenvalue weighted by molar-refractivity contribution is -0.144. The molecule has 2 aliphatic rings. The van der Waals surface area contributed by atoms with Crippen LogP contribution in [0.4, 0.5) is 4.79 Å². The van der Waals surface area contributed by atoms with Crippen molar-refractivity contribution >= 4 is 17.8 Å². The highest BCUT2D eigenvalue weighted by molar-refractivity contribution is 6.44. The molecule has 1 aromatic rings. The Balaban J connectivity index is 1.69. The highest BCUT2D eigenvalue weighted by atomic mass is 16.5. The molecule has 0 N–H and O–H groups in total. The van der Waals surface area contributed by atoms with E-state index in [0.29, 0.717) is 17.9 Å². The van der Waals surface area contributed by atoms with Crippen molar-refractivity contribution in [3.8, 4) is 11.5 Å². The van der Waals surface area contributed by atoms with Crippen LogP contribution in [-0.2, 0) is 16.0 Å². The summed E-state index contributed by atoms with van der Waals surface area (Å²) < 4.78 is 10.5. The molecule has 0 aromatic heterocycles. The fourth-order valence-electron chi connectivity index (χ4n) is 3.66. The van der Waals surface area contributed by atoms with Gasteiger partial charge in [-0.1, -0.05) is 25.3 Å². The maximum absolute atomic E-state index is 12.6. The molecule has 0 bridgehead atoms. The molecule has 0 atom stereocenters. The molecule has 0 spiro atoms. The Labute approximate surface area is 152 Å². The van der Waals surface area contributed by atoms with Crippen molar-refractivity contribution in [2.75, 3.05) is 20.8 Å². The van der Waals surface area contributed by atoms with E-state index >= 15 is 0 Å². The van der Waals surface area contributed by atoms with Crippen molar-refractivity contribution in [1.82, 2.24) is 9.80 Å². The van der Waals surface area contributed by atoms with Crippen molar-refractivity contribution in [2.45, 2.75) is 44.6 Å². The number of carbonyl (C=O) groups is 3. The summed E-state index contributed by atoms with van der Waals surface area (Å²) >= 11 is 0. The molecule has 1 heterocycles. The van der Waals surface area contributed by atoms with Crippen molar-refractivity contribution in [1.29, 1.82) is 0 Å². The van der Waals surface area contributed by atoms with Gasteiger partial charge in [-0.05, 0) is 37.0 Å². The topological polar surface area (TPSA) is 76.2 Å². The number of hydrogen-bond acceptors (Lipinski definition) is 5. The van der Waals surface area contributed by atoms with Crippen LogP contribution in [-0.4, -0.2) is 54.5 Å². The summed E-state index contributed by atoms with van der Waals surface area (Å²) in [4.78, 5) is 39.5. The van der Waals surface area contributed by atoms with Gasteiger partial charge >= 0.3 is 17.8 Å². The van der Waals surface area contributed by atoms with Crippen LogP contribution in [0.5, 0.6) is 11.5 Å². The summed E-state index contributed by atoms with van der Waals surface area (Å²) in [5.74, 6) is -0.206. The summed E-state index contributed by atoms with van der Waals surface area (Å²) in [5.41, 5.74) is 0.895. The second-order valence-electron chi connectivity index (χ2n) is 6.65. The van der Waals surface area contributed by atoms with Gasteiger partial charge in [0.05, 0.1) is 14.2 Å². The van der Waals surface area contributed by atoms with E-state index in [4.69, 9.17) is 9.47 Å². The number of hydrogen-bond donors (Lipinski definition) is 0. The zero-order chi connectivity index (χ0) is 18.7. The predicted octanol–water partition coefficient (Wildman–Crippen LogP) is 2.37. The number of ether oxygens (including phenoxy) is 2. The van der Waals surface area contributed by atoms with Gasteiger partial charge < -0.3 is 9.47 Å². The Hall–Kier alpha value is -2.57. The fraction of sp³-hybridized carbons (Fsp3) is 0.526. The molecule has 140 valence electrons. The lowest BCUT2D eigenvalue weighted by Crippen LogP contribution is -2.42. The normalized spacial score (nSPS) is 18.6. The minimum atomic E-state index is -0.721. The molecule has 1 saturated carbocycles. The molecule has 7 nitrogen and oxygen atoms in total. The molecular formula is C19H24N2O5. The van der Waals surface area contributed by atoms with Crippen molar-refractivity contribution in [2.24, 2.45) is 0 Å². The highest BCUT2D eigenvalue weighted by Gasteiger charge is 2.47. The number of nitrogens with zero attached hydrogens (tertiary/aromatic N) is 2. The molecule has 1 aliphatic heterocycles. The monoisotopic (exact) mass is 360 g/mol. The molecule has 4 amide bonds. The van der Waals surface area contributed by atoms with Gasteiger partial charge in [0.15, 0.2) is 11.5 Å². The Morgan fingerprint density at radius 1 is 0.962 bits per heavy atom. The van der Waals surface area contributed by atoms with Crippen molar-refractivity contribution in [3.05, 3.63) is 23.8 Å². The second kappa shape index (κ2) is 7.76. The summed E-state index contributed by atoms with van der Waals surface area (Å²) in [6.07, 6.45) is 5.11. The molecular weight excluding hydrogens is 336 g/mol. The summed E-state index contributed by atoms with van der Waals surface area (Å²) in [6, 6.07) is 4.82. The number of carbonyl (C=O) groups excluding carboxylic acids is 3. The van der Waals surface area contributed by atoms with Gasteiger partial charge in [0, 0.05) is 12.6 Å². The number of rotatable bonds is 6. The van der Waals surface area contributed by atoms with E-state index < -0.39 is 17.8 Å². The minimum absolute atomic E-state index is 0.140. The van der Waals surface area contributed by atoms with Crippen molar-refractivity contribution < 1.29 is 23.9 Å². The second-order valence-corrected chi connectivity index (χ2v) is 6.65. The molecule has 26 heavy (non-hydrogen) atoms. The standard InChI is InChI=1S/C19H24N2O5/c1-25-15-9-8-13(12-16(15)26-2)10-11-20-17(22)18(23)21(19(20)24)14-6-4-3-5-7-14/h8-9,12,14H,3-7,10-11H2,1-2H3. The first kappa shape index (κ1) is 18.2. The van der Waals surface area contributed by atoms with Crippen LogP contribution in [0.25, 0.3) is 0 Å². The minimum Gasteiger partial charge on any atom is -0.493 e. The first-order valence-electron chi connectivity index (χ1n) is 8.96. The number of urea groups is 1. The van der Waals surface area contributed by atoms with Gasteiger partial charge in [-0.2, -0.15) is 0 Å². The van der Waals surface area contributed by atoms with Gasteiger partial charge in [0.1, 0.15) is 0 Å². The Kier molecular flexibility index (Phi) is 5.44. The average molecular weight is 360 g/mol. The molecule has 3 rings (SSSR count). The van der Waals surface area contributed by atoms with Gasteiger partial charge in [0.25, 0.3) is 0 Å². The lowest BCUT2D eigenvalue weighted by Gasteiger charge is -2.28. The van der Waals surface area contributed by atoms with Crippen molar-refractivity contribution in [3.63, 3.8) is 0 Å². The van der Waals surface area contributed by atoms with Crippen LogP contribution < -0.4 is 9.47 Å². The fourth-order valence-corrected chi connectivity index (χ4v) is 3.66. The molecule has 7 heteroatoms. The van der Waals surface area contributed by atoms with E-state index in [2.05, 4.69) is 0 Å². The van der Waals surface area contributed by atoms with Crippen LogP contribution in [0.15, 0.2) is 18.2 Å². The van der Waals surface area contributed by atoms with E-state index in [-0.39, 0.29) is 12.6 Å². The van der Waals surface area contributed by atoms with E-state index in [0.717, 1.165) is 42.6 Å². The van der Waals surface area contributed by atoms with E-state index in [1.165, 1.54) is 4.90 Å². The number of benzene rings is 1. The van der Waals surface area contributed by atoms with Gasteiger partial charge in [-0.3, -0.25) is 19.4 Å². The first-order valence-corrected chi connectivity index (χ1v) is 8.96. The average Bonchev–Trinajstić information content (AvgIpc) is 2.89. The molecule has 0 unspecified atom stereocenters. The Morgan fingerprint density at radius 3 is 2.31 bits per heavy atom. The molecule has 1 aromatic carbocycles. The van der Waals surface area contributed by atoms with Crippen LogP contribution in [0.2, 0.25) is 0 Å². The lowest BCUT2D eigenvalue weighted by atomic mass is 9.94. The third-order valence-corrected chi connectivity index (χ3v) is 5.10. The summed E-state index contributed by atoms with van der Waals surface area (Å²) in [7, 11) is 3.11. The van der Waals surface area contributed by atoms with Gasteiger partial charge in [-0.15, -0.1) is 0 Å². The maximum atomic E-state index is 12.6. The quantitative estimate of drug-likeness (QED) is 0.575. The van der Waals surface area contributed by atoms with E-state index in [1.54, 1.807) is 20.3 Å². The zero-order valence-corrected chi connectivity index (χ0v) is 15.2. The zero-order valence-electron chi connectivity index (χ0n) is 15.2. The highest BCUT2D eigenvalue weighted by Crippen LogP contribution is 2.29. The third-order valence-electron chi connectivity index (χ3n) is 5.10. The van der Waals surface area contributed by atoms with Crippen LogP contribution in [0.1, 0.15) is 37.7 Å². The SMILES string of the molecule is COc1ccc(CCN2C(=O)C(=O)N(C3CCCCC3)C2=O)cc1OC. The van der Waals surface area contributed by atoms with Crippen LogP contribution in [0, 0.1) is 0 Å².